The molecule has 0 aliphatic rings. The number of hydrogen-bond donors (Lipinski definition) is 1. The number of amides is 2. The summed E-state index contributed by atoms with van der Waals surface area (Å²) >= 11 is 0. The lowest BCUT2D eigenvalue weighted by atomic mass is 10.2. The monoisotopic (exact) mass is 373 g/mol. The molecule has 2 rings (SSSR count). The minimum absolute atomic E-state index is 0.0521. The summed E-state index contributed by atoms with van der Waals surface area (Å²) in [6.45, 7) is 0.280. The first-order valence-electron chi connectivity index (χ1n) is 8.49. The highest BCUT2D eigenvalue weighted by Gasteiger charge is 2.15. The van der Waals surface area contributed by atoms with E-state index in [4.69, 9.17) is 4.74 Å². The number of halogens is 1. The number of nitrogens with one attached hydrogen (secondary N) is 1. The van der Waals surface area contributed by atoms with Gasteiger partial charge in [0.2, 0.25) is 11.8 Å². The van der Waals surface area contributed by atoms with Crippen LogP contribution in [0, 0.1) is 5.82 Å². The molecular formula is C20H24FN3O3. The number of carbonyl (C=O) groups excluding carboxylic acids is 2. The Labute approximate surface area is 158 Å². The van der Waals surface area contributed by atoms with E-state index in [-0.39, 0.29) is 37.3 Å². The first-order valence-corrected chi connectivity index (χ1v) is 8.49. The second kappa shape index (κ2) is 9.68. The molecule has 7 heteroatoms. The molecule has 0 spiro atoms. The van der Waals surface area contributed by atoms with Crippen molar-refractivity contribution in [3.63, 3.8) is 0 Å². The number of benzene rings is 2. The third kappa shape index (κ3) is 6.38. The van der Waals surface area contributed by atoms with Crippen LogP contribution >= 0.6 is 0 Å². The van der Waals surface area contributed by atoms with Crippen LogP contribution in [0.4, 0.5) is 10.1 Å². The van der Waals surface area contributed by atoms with Crippen molar-refractivity contribution < 1.29 is 18.7 Å². The van der Waals surface area contributed by atoms with Gasteiger partial charge in [-0.3, -0.25) is 14.5 Å². The first kappa shape index (κ1) is 20.4. The number of hydrogen-bond acceptors (Lipinski definition) is 4. The van der Waals surface area contributed by atoms with Gasteiger partial charge >= 0.3 is 0 Å². The largest absolute Gasteiger partial charge is 0.497 e. The third-order valence-electron chi connectivity index (χ3n) is 3.96. The molecular weight excluding hydrogens is 349 g/mol. The highest BCUT2D eigenvalue weighted by atomic mass is 19.1. The van der Waals surface area contributed by atoms with E-state index in [2.05, 4.69) is 5.32 Å². The van der Waals surface area contributed by atoms with Crippen molar-refractivity contribution in [3.8, 4) is 5.75 Å². The van der Waals surface area contributed by atoms with Crippen molar-refractivity contribution in [2.45, 2.75) is 6.54 Å². The minimum Gasteiger partial charge on any atom is -0.497 e. The molecule has 6 nitrogen and oxygen atoms in total. The molecule has 2 aromatic carbocycles. The topological polar surface area (TPSA) is 61.9 Å². The van der Waals surface area contributed by atoms with Gasteiger partial charge in [0, 0.05) is 30.9 Å². The highest BCUT2D eigenvalue weighted by molar-refractivity contribution is 5.92. The van der Waals surface area contributed by atoms with Gasteiger partial charge in [0.05, 0.1) is 20.2 Å². The number of rotatable bonds is 8. The summed E-state index contributed by atoms with van der Waals surface area (Å²) < 4.78 is 18.8. The summed E-state index contributed by atoms with van der Waals surface area (Å²) in [6.07, 6.45) is 0. The smallest absolute Gasteiger partial charge is 0.238 e. The molecule has 0 bridgehead atoms. The van der Waals surface area contributed by atoms with Crippen LogP contribution in [-0.2, 0) is 16.1 Å². The summed E-state index contributed by atoms with van der Waals surface area (Å²) in [7, 11) is 4.84. The number of anilines is 1. The molecule has 0 aliphatic heterocycles. The van der Waals surface area contributed by atoms with Crippen molar-refractivity contribution >= 4 is 17.5 Å². The SMILES string of the molecule is COc1cccc(NC(=O)CN(C)CC(=O)N(C)Cc2ccccc2F)c1. The standard InChI is InChI=1S/C20H24FN3O3/c1-23(13-19(25)22-16-8-6-9-17(11-16)27-3)14-20(26)24(2)12-15-7-4-5-10-18(15)21/h4-11H,12-14H2,1-3H3,(H,22,25). The zero-order chi connectivity index (χ0) is 19.8. The molecule has 0 aliphatic carbocycles. The van der Waals surface area contributed by atoms with Gasteiger partial charge in [-0.15, -0.1) is 0 Å². The van der Waals surface area contributed by atoms with Crippen molar-refractivity contribution in [2.75, 3.05) is 39.6 Å². The Morgan fingerprint density at radius 1 is 1.07 bits per heavy atom. The second-order valence-corrected chi connectivity index (χ2v) is 6.29. The average Bonchev–Trinajstić information content (AvgIpc) is 2.63. The average molecular weight is 373 g/mol. The van der Waals surface area contributed by atoms with Gasteiger partial charge in [-0.25, -0.2) is 4.39 Å². The lowest BCUT2D eigenvalue weighted by Gasteiger charge is -2.22. The molecule has 0 fully saturated rings. The molecule has 0 heterocycles. The molecule has 0 aromatic heterocycles. The molecule has 0 radical (unpaired) electrons. The Morgan fingerprint density at radius 3 is 2.52 bits per heavy atom. The Bertz CT molecular complexity index is 798. The van der Waals surface area contributed by atoms with Crippen LogP contribution in [0.2, 0.25) is 0 Å². The van der Waals surface area contributed by atoms with E-state index in [0.29, 0.717) is 17.0 Å². The molecule has 27 heavy (non-hydrogen) atoms. The molecule has 144 valence electrons. The van der Waals surface area contributed by atoms with Crippen molar-refractivity contribution in [3.05, 3.63) is 59.9 Å². The summed E-state index contributed by atoms with van der Waals surface area (Å²) in [5.74, 6) is -0.139. The molecule has 0 unspecified atom stereocenters. The molecule has 1 N–H and O–H groups in total. The van der Waals surface area contributed by atoms with Crippen molar-refractivity contribution in [1.29, 1.82) is 0 Å². The minimum atomic E-state index is -0.344. The molecule has 2 amide bonds. The Hall–Kier alpha value is -2.93. The summed E-state index contributed by atoms with van der Waals surface area (Å²) in [5.41, 5.74) is 1.07. The number of likely N-dealkylation sites (N-methyl/N-ethyl adjacent to an activating group) is 2. The van der Waals surface area contributed by atoms with Gasteiger partial charge in [0.1, 0.15) is 11.6 Å². The Kier molecular flexibility index (Phi) is 7.31. The number of carbonyl (C=O) groups is 2. The number of ether oxygens (including phenoxy) is 1. The maximum atomic E-state index is 13.7. The quantitative estimate of drug-likeness (QED) is 0.772. The number of nitrogens with zero attached hydrogens (tertiary/aromatic N) is 2. The summed E-state index contributed by atoms with van der Waals surface area (Å²) in [6, 6.07) is 13.4. The molecule has 0 saturated carbocycles. The van der Waals surface area contributed by atoms with E-state index >= 15 is 0 Å². The Balaban J connectivity index is 1.83. The van der Waals surface area contributed by atoms with Crippen LogP contribution < -0.4 is 10.1 Å². The van der Waals surface area contributed by atoms with Gasteiger partial charge in [0.25, 0.3) is 0 Å². The van der Waals surface area contributed by atoms with Gasteiger partial charge in [-0.1, -0.05) is 24.3 Å². The van der Waals surface area contributed by atoms with Crippen LogP contribution in [0.25, 0.3) is 0 Å². The fourth-order valence-corrected chi connectivity index (χ4v) is 2.52. The van der Waals surface area contributed by atoms with Crippen molar-refractivity contribution in [1.82, 2.24) is 9.80 Å². The van der Waals surface area contributed by atoms with Crippen LogP contribution in [0.15, 0.2) is 48.5 Å². The highest BCUT2D eigenvalue weighted by Crippen LogP contribution is 2.16. The molecule has 0 atom stereocenters. The van der Waals surface area contributed by atoms with Gasteiger partial charge < -0.3 is 15.0 Å². The van der Waals surface area contributed by atoms with Crippen LogP contribution in [0.1, 0.15) is 5.56 Å². The van der Waals surface area contributed by atoms with E-state index in [9.17, 15) is 14.0 Å². The van der Waals surface area contributed by atoms with Crippen LogP contribution in [0.3, 0.4) is 0 Å². The fraction of sp³-hybridized carbons (Fsp3) is 0.300. The Morgan fingerprint density at radius 2 is 1.81 bits per heavy atom. The van der Waals surface area contributed by atoms with E-state index < -0.39 is 0 Å². The zero-order valence-corrected chi connectivity index (χ0v) is 15.7. The van der Waals surface area contributed by atoms with E-state index in [1.807, 2.05) is 0 Å². The normalized spacial score (nSPS) is 10.6. The maximum absolute atomic E-state index is 13.7. The van der Waals surface area contributed by atoms with Crippen LogP contribution in [0.5, 0.6) is 5.75 Å². The molecule has 0 saturated heterocycles. The van der Waals surface area contributed by atoms with E-state index in [1.165, 1.54) is 11.0 Å². The molecule has 2 aromatic rings. The van der Waals surface area contributed by atoms with E-state index in [0.717, 1.165) is 0 Å². The van der Waals surface area contributed by atoms with Crippen LogP contribution in [-0.4, -0.2) is 55.9 Å². The first-order chi connectivity index (χ1) is 12.9. The fourth-order valence-electron chi connectivity index (χ4n) is 2.52. The van der Waals surface area contributed by atoms with Gasteiger partial charge in [-0.05, 0) is 25.2 Å². The predicted molar refractivity (Wildman–Crippen MR) is 102 cm³/mol. The lowest BCUT2D eigenvalue weighted by molar-refractivity contribution is -0.131. The van der Waals surface area contributed by atoms with Crippen molar-refractivity contribution in [2.24, 2.45) is 0 Å². The predicted octanol–water partition coefficient (Wildman–Crippen LogP) is 2.36. The lowest BCUT2D eigenvalue weighted by Crippen LogP contribution is -2.39. The van der Waals surface area contributed by atoms with Gasteiger partial charge in [-0.2, -0.15) is 0 Å². The summed E-state index contributed by atoms with van der Waals surface area (Å²) in [4.78, 5) is 27.5. The van der Waals surface area contributed by atoms with E-state index in [1.54, 1.807) is 68.6 Å². The third-order valence-corrected chi connectivity index (χ3v) is 3.96. The zero-order valence-electron chi connectivity index (χ0n) is 15.7. The number of methoxy groups -OCH3 is 1. The van der Waals surface area contributed by atoms with Gasteiger partial charge in [0.15, 0.2) is 0 Å². The summed E-state index contributed by atoms with van der Waals surface area (Å²) in [5, 5.41) is 2.76. The maximum Gasteiger partial charge on any atom is 0.238 e. The second-order valence-electron chi connectivity index (χ2n) is 6.29.